The number of nitrogens with zero attached hydrogens (tertiary/aromatic N) is 1. The van der Waals surface area contributed by atoms with Crippen LogP contribution in [0.15, 0.2) is 29.2 Å². The van der Waals surface area contributed by atoms with Crippen molar-refractivity contribution in [3.8, 4) is 0 Å². The highest BCUT2D eigenvalue weighted by molar-refractivity contribution is 7.99. The minimum Gasteiger partial charge on any atom is -0.351 e. The fraction of sp³-hybridized carbons (Fsp3) is 0.500. The predicted octanol–water partition coefficient (Wildman–Crippen LogP) is 3.65. The first-order valence-corrected chi connectivity index (χ1v) is 8.13. The molecule has 1 N–H and O–H groups in total. The molecule has 0 aromatic heterocycles. The summed E-state index contributed by atoms with van der Waals surface area (Å²) in [6.45, 7) is 2.07. The van der Waals surface area contributed by atoms with Crippen LogP contribution in [0, 0.1) is 11.8 Å². The van der Waals surface area contributed by atoms with Gasteiger partial charge in [-0.05, 0) is 29.8 Å². The Kier molecular flexibility index (Phi) is 4.55. The van der Waals surface area contributed by atoms with Gasteiger partial charge in [0.15, 0.2) is 0 Å². The Balaban J connectivity index is 2.06. The van der Waals surface area contributed by atoms with Crippen LogP contribution in [-0.4, -0.2) is 22.1 Å². The molecule has 0 radical (unpaired) electrons. The van der Waals surface area contributed by atoms with Crippen molar-refractivity contribution in [3.63, 3.8) is 0 Å². The molecule has 92 valence electrons. The molecule has 1 fully saturated rings. The molecule has 1 heterocycles. The molecule has 3 atom stereocenters. The van der Waals surface area contributed by atoms with Crippen LogP contribution in [0.3, 0.4) is 0 Å². The third kappa shape index (κ3) is 3.27. The number of thioether (sulfide) groups is 1. The van der Waals surface area contributed by atoms with E-state index < -0.39 is 8.30 Å². The molecule has 3 nitrogen and oxygen atoms in total. The molecule has 1 aliphatic rings. The van der Waals surface area contributed by atoms with Crippen molar-refractivity contribution in [2.24, 2.45) is 4.95 Å². The number of benzene rings is 1. The van der Waals surface area contributed by atoms with Gasteiger partial charge in [0, 0.05) is 17.2 Å². The molecular formula is C12H16NO2PS. The molecular weight excluding hydrogens is 253 g/mol. The van der Waals surface area contributed by atoms with Gasteiger partial charge in [0.25, 0.3) is 0 Å². The maximum Gasteiger partial charge on any atom is 0.202 e. The van der Waals surface area contributed by atoms with E-state index in [1.54, 1.807) is 0 Å². The smallest absolute Gasteiger partial charge is 0.202 e. The molecule has 3 unspecified atom stereocenters. The lowest BCUT2D eigenvalue weighted by molar-refractivity contribution is 0.579. The van der Waals surface area contributed by atoms with Gasteiger partial charge in [-0.15, -0.1) is 4.91 Å². The van der Waals surface area contributed by atoms with E-state index in [1.165, 1.54) is 11.1 Å². The van der Waals surface area contributed by atoms with Crippen LogP contribution in [0.5, 0.6) is 0 Å². The van der Waals surface area contributed by atoms with Crippen LogP contribution in [0.25, 0.3) is 0 Å². The Morgan fingerprint density at radius 2 is 2.06 bits per heavy atom. The summed E-state index contributed by atoms with van der Waals surface area (Å²) in [5.41, 5.74) is 2.63. The zero-order chi connectivity index (χ0) is 12.3. The van der Waals surface area contributed by atoms with Gasteiger partial charge < -0.3 is 4.89 Å². The number of nitroso groups, excluding NO2 is 1. The summed E-state index contributed by atoms with van der Waals surface area (Å²) in [6, 6.07) is 8.53. The fourth-order valence-corrected chi connectivity index (χ4v) is 4.69. The number of aryl methyl sites for hydroxylation is 1. The SMILES string of the molecule is Cc1ccc(C2CSCC(P(O)N=O)C2)cc1. The summed E-state index contributed by atoms with van der Waals surface area (Å²) >= 11 is 1.81. The van der Waals surface area contributed by atoms with Gasteiger partial charge >= 0.3 is 0 Å². The lowest BCUT2D eigenvalue weighted by Gasteiger charge is -2.29. The Hall–Kier alpha value is -0.440. The van der Waals surface area contributed by atoms with Crippen molar-refractivity contribution in [2.45, 2.75) is 24.9 Å². The normalized spacial score (nSPS) is 26.5. The van der Waals surface area contributed by atoms with Crippen molar-refractivity contribution in [1.29, 1.82) is 0 Å². The number of hydrogen-bond acceptors (Lipinski definition) is 4. The summed E-state index contributed by atoms with van der Waals surface area (Å²) in [5, 5.41) is 0. The standard InChI is InChI=1S/C12H16NO2PS/c1-9-2-4-10(5-3-9)11-6-12(8-17-7-11)16(15)13-14/h2-5,11-12,15H,6-8H2,1H3. The molecule has 5 heteroatoms. The average molecular weight is 269 g/mol. The summed E-state index contributed by atoms with van der Waals surface area (Å²) < 4.78 is 0. The first-order chi connectivity index (χ1) is 8.20. The second-order valence-electron chi connectivity index (χ2n) is 4.44. The Labute approximate surface area is 107 Å². The van der Waals surface area contributed by atoms with Crippen LogP contribution in [-0.2, 0) is 0 Å². The summed E-state index contributed by atoms with van der Waals surface area (Å²) in [4.78, 5) is 22.8. The van der Waals surface area contributed by atoms with Crippen LogP contribution in [0.2, 0.25) is 0 Å². The van der Waals surface area contributed by atoms with E-state index in [2.05, 4.69) is 36.1 Å². The minimum atomic E-state index is -1.67. The van der Waals surface area contributed by atoms with Crippen molar-refractivity contribution < 1.29 is 4.89 Å². The average Bonchev–Trinajstić information content (AvgIpc) is 2.39. The third-order valence-corrected chi connectivity index (χ3v) is 5.88. The molecule has 0 spiro atoms. The zero-order valence-corrected chi connectivity index (χ0v) is 11.5. The monoisotopic (exact) mass is 269 g/mol. The maximum atomic E-state index is 10.4. The van der Waals surface area contributed by atoms with E-state index in [1.807, 2.05) is 11.8 Å². The van der Waals surface area contributed by atoms with Gasteiger partial charge in [-0.25, -0.2) is 0 Å². The first kappa shape index (κ1) is 13.0. The lowest BCUT2D eigenvalue weighted by atomic mass is 9.95. The molecule has 2 rings (SSSR count). The van der Waals surface area contributed by atoms with Gasteiger partial charge in [0.2, 0.25) is 8.30 Å². The topological polar surface area (TPSA) is 49.7 Å². The molecule has 0 aliphatic carbocycles. The van der Waals surface area contributed by atoms with Crippen molar-refractivity contribution in [1.82, 2.24) is 0 Å². The summed E-state index contributed by atoms with van der Waals surface area (Å²) in [6.07, 6.45) is 0.879. The number of hydrogen-bond donors (Lipinski definition) is 1. The van der Waals surface area contributed by atoms with Crippen molar-refractivity contribution >= 4 is 20.1 Å². The lowest BCUT2D eigenvalue weighted by Crippen LogP contribution is -2.21. The molecule has 1 aliphatic heterocycles. The largest absolute Gasteiger partial charge is 0.351 e. The fourth-order valence-electron chi connectivity index (χ4n) is 2.11. The van der Waals surface area contributed by atoms with Crippen molar-refractivity contribution in [2.75, 3.05) is 11.5 Å². The Morgan fingerprint density at radius 1 is 1.35 bits per heavy atom. The van der Waals surface area contributed by atoms with E-state index in [0.29, 0.717) is 5.92 Å². The highest BCUT2D eigenvalue weighted by atomic mass is 32.2. The van der Waals surface area contributed by atoms with Crippen LogP contribution in [0.1, 0.15) is 23.5 Å². The highest BCUT2D eigenvalue weighted by Gasteiger charge is 2.29. The highest BCUT2D eigenvalue weighted by Crippen LogP contribution is 2.47. The third-order valence-electron chi connectivity index (χ3n) is 3.14. The number of rotatable bonds is 3. The zero-order valence-electron chi connectivity index (χ0n) is 9.74. The Morgan fingerprint density at radius 3 is 2.71 bits per heavy atom. The van der Waals surface area contributed by atoms with E-state index in [-0.39, 0.29) is 5.66 Å². The molecule has 1 aromatic rings. The molecule has 0 amide bonds. The first-order valence-electron chi connectivity index (χ1n) is 5.66. The molecule has 17 heavy (non-hydrogen) atoms. The van der Waals surface area contributed by atoms with Gasteiger partial charge in [-0.2, -0.15) is 11.8 Å². The van der Waals surface area contributed by atoms with Crippen molar-refractivity contribution in [3.05, 3.63) is 40.3 Å². The second kappa shape index (κ2) is 5.94. The van der Waals surface area contributed by atoms with Gasteiger partial charge in [0.05, 0.1) is 0 Å². The molecule has 1 saturated heterocycles. The van der Waals surface area contributed by atoms with E-state index in [4.69, 9.17) is 0 Å². The van der Waals surface area contributed by atoms with Crippen LogP contribution in [0.4, 0.5) is 0 Å². The Bertz CT molecular complexity index is 385. The van der Waals surface area contributed by atoms with Crippen LogP contribution < -0.4 is 0 Å². The maximum absolute atomic E-state index is 10.4. The second-order valence-corrected chi connectivity index (χ2v) is 7.05. The van der Waals surface area contributed by atoms with Gasteiger partial charge in [-0.1, -0.05) is 29.8 Å². The molecule has 0 saturated carbocycles. The van der Waals surface area contributed by atoms with Gasteiger partial charge in [0.1, 0.15) is 0 Å². The van der Waals surface area contributed by atoms with E-state index >= 15 is 0 Å². The molecule has 0 bridgehead atoms. The van der Waals surface area contributed by atoms with Crippen LogP contribution >= 0.6 is 20.1 Å². The van der Waals surface area contributed by atoms with Gasteiger partial charge in [-0.3, -0.25) is 0 Å². The summed E-state index contributed by atoms with van der Waals surface area (Å²) in [5.74, 6) is 2.37. The van der Waals surface area contributed by atoms with E-state index in [9.17, 15) is 9.80 Å². The quantitative estimate of drug-likeness (QED) is 0.673. The van der Waals surface area contributed by atoms with E-state index in [0.717, 1.165) is 17.9 Å². The predicted molar refractivity (Wildman–Crippen MR) is 74.6 cm³/mol. The molecule has 1 aromatic carbocycles. The minimum absolute atomic E-state index is 0.0625. The summed E-state index contributed by atoms with van der Waals surface area (Å²) in [7, 11) is -1.67.